The molecule has 4 heteroatoms. The van der Waals surface area contributed by atoms with Crippen LogP contribution in [0.5, 0.6) is 0 Å². The van der Waals surface area contributed by atoms with Gasteiger partial charge < -0.3 is 5.71 Å². The molecule has 0 fully saturated rings. The van der Waals surface area contributed by atoms with Crippen molar-refractivity contribution in [3.8, 4) is 0 Å². The Morgan fingerprint density at radius 3 is 1.00 bits per heavy atom. The first kappa shape index (κ1) is 24.6. The predicted molar refractivity (Wildman–Crippen MR) is 16.0 cm³/mol. The molecule has 0 spiro atoms. The summed E-state index contributed by atoms with van der Waals surface area (Å²) in [6.45, 7) is 0. The molecule has 0 unspecified atom stereocenters. The molecule has 0 saturated carbocycles. The van der Waals surface area contributed by atoms with E-state index in [0.717, 1.165) is 0 Å². The zero-order valence-electron chi connectivity index (χ0n) is 6.35. The van der Waals surface area contributed by atoms with Crippen LogP contribution < -0.4 is 0 Å². The fourth-order valence-corrected chi connectivity index (χ4v) is 0. The molecule has 0 aromatic heterocycles. The molecular formula is H4GdMg2Y. The summed E-state index contributed by atoms with van der Waals surface area (Å²) in [5.74, 6) is 0. The first-order valence-electron chi connectivity index (χ1n) is 0. The Labute approximate surface area is 121 Å². The number of rotatable bonds is 0. The molecule has 0 aliphatic carbocycles. The molecule has 0 aromatic carbocycles. The van der Waals surface area contributed by atoms with Gasteiger partial charge in [0.05, 0.1) is 0 Å². The van der Waals surface area contributed by atoms with Gasteiger partial charge in [-0.3, -0.25) is 0 Å². The molecule has 4 heavy (non-hydrogen) atoms. The maximum Gasteiger partial charge on any atom is 2.00 e. The van der Waals surface area contributed by atoms with E-state index < -0.39 is 0 Å². The normalized spacial score (nSPS) is 0. The van der Waals surface area contributed by atoms with Crippen LogP contribution in [0, 0.1) is 39.9 Å². The summed E-state index contributed by atoms with van der Waals surface area (Å²) in [4.78, 5) is 0. The SMILES string of the molecule is [Gd].[H-].[H-].[H-].[H-].[Mg+2].[Mg+2].[Y]. The molecule has 0 amide bonds. The molecule has 0 aliphatic rings. The predicted octanol–water partition coefficient (Wildman–Crippen LogP) is -0.314. The Morgan fingerprint density at radius 1 is 1.00 bits per heavy atom. The van der Waals surface area contributed by atoms with E-state index >= 15 is 0 Å². The molecule has 0 saturated heterocycles. The topological polar surface area (TPSA) is 0 Å². The molecule has 0 bridgehead atoms. The van der Waals surface area contributed by atoms with Gasteiger partial charge in [0, 0.05) is 72.6 Å². The zero-order valence-corrected chi connectivity index (χ0v) is 10.3. The molecular weight excluding hydrogens is 295 g/mol. The molecule has 0 nitrogen and oxygen atoms in total. The minimum absolute atomic E-state index is 0. The van der Waals surface area contributed by atoms with E-state index in [9.17, 15) is 0 Å². The van der Waals surface area contributed by atoms with Gasteiger partial charge in [0.2, 0.25) is 0 Å². The second-order valence-electron chi connectivity index (χ2n) is 0. The van der Waals surface area contributed by atoms with Gasteiger partial charge in [0.15, 0.2) is 0 Å². The average molecular weight is 299 g/mol. The average Bonchev–Trinajstić information content (AvgIpc) is 0. The van der Waals surface area contributed by atoms with Crippen molar-refractivity contribution in [1.82, 2.24) is 0 Å². The van der Waals surface area contributed by atoms with Crippen molar-refractivity contribution in [2.75, 3.05) is 0 Å². The van der Waals surface area contributed by atoms with Crippen LogP contribution in [0.2, 0.25) is 0 Å². The van der Waals surface area contributed by atoms with Crippen molar-refractivity contribution in [2.24, 2.45) is 0 Å². The van der Waals surface area contributed by atoms with E-state index in [1.807, 2.05) is 0 Å². The van der Waals surface area contributed by atoms with Crippen molar-refractivity contribution in [1.29, 1.82) is 0 Å². The van der Waals surface area contributed by atoms with Crippen LogP contribution in [0.4, 0.5) is 0 Å². The summed E-state index contributed by atoms with van der Waals surface area (Å²) in [6.07, 6.45) is 0. The van der Waals surface area contributed by atoms with Gasteiger partial charge in [-0.15, -0.1) is 0 Å². The summed E-state index contributed by atoms with van der Waals surface area (Å²) in [6, 6.07) is 0. The number of hydrogen-bond donors (Lipinski definition) is 0. The molecule has 1 radical (unpaired) electrons. The third kappa shape index (κ3) is 9.35. The second kappa shape index (κ2) is 15.8. The fourth-order valence-electron chi connectivity index (χ4n) is 0. The first-order valence-corrected chi connectivity index (χ1v) is 0. The smallest absolute Gasteiger partial charge is 1.00 e. The summed E-state index contributed by atoms with van der Waals surface area (Å²) in [5.41, 5.74) is 0. The molecule has 0 rings (SSSR count). The Kier molecular flexibility index (Phi) is 96.9. The zero-order chi connectivity index (χ0) is 0. The van der Waals surface area contributed by atoms with Gasteiger partial charge in [-0.25, -0.2) is 0 Å². The second-order valence-corrected chi connectivity index (χ2v) is 0. The Balaban J connectivity index is 0. The molecule has 0 N–H and O–H groups in total. The van der Waals surface area contributed by atoms with Gasteiger partial charge in [0.25, 0.3) is 0 Å². The minimum atomic E-state index is 0. The van der Waals surface area contributed by atoms with Crippen LogP contribution in [0.3, 0.4) is 0 Å². The van der Waals surface area contributed by atoms with Crippen LogP contribution in [-0.2, 0) is 32.7 Å². The molecule has 19 valence electrons. The van der Waals surface area contributed by atoms with E-state index in [1.165, 1.54) is 0 Å². The monoisotopic (exact) mass is 299 g/mol. The van der Waals surface area contributed by atoms with Gasteiger partial charge in [0.1, 0.15) is 0 Å². The van der Waals surface area contributed by atoms with E-state index in [2.05, 4.69) is 0 Å². The van der Waals surface area contributed by atoms with Crippen molar-refractivity contribution in [3.05, 3.63) is 0 Å². The van der Waals surface area contributed by atoms with Crippen LogP contribution in [-0.4, -0.2) is 46.1 Å². The molecule has 0 atom stereocenters. The van der Waals surface area contributed by atoms with E-state index in [-0.39, 0.29) is 124 Å². The Hall–Kier alpha value is 3.96. The van der Waals surface area contributed by atoms with Gasteiger partial charge >= 0.3 is 46.1 Å². The van der Waals surface area contributed by atoms with Crippen LogP contribution in [0.1, 0.15) is 5.71 Å². The maximum atomic E-state index is 0. The summed E-state index contributed by atoms with van der Waals surface area (Å²) in [7, 11) is 0. The van der Waals surface area contributed by atoms with E-state index in [1.54, 1.807) is 0 Å². The van der Waals surface area contributed by atoms with Crippen LogP contribution >= 0.6 is 0 Å². The van der Waals surface area contributed by atoms with Crippen LogP contribution in [0.25, 0.3) is 0 Å². The molecule has 0 aromatic rings. The maximum absolute atomic E-state index is 0. The van der Waals surface area contributed by atoms with E-state index in [0.29, 0.717) is 0 Å². The van der Waals surface area contributed by atoms with Crippen molar-refractivity contribution in [3.63, 3.8) is 0 Å². The standard InChI is InChI=1S/Gd.2Mg.Y.4H/q;2*+2;;4*-1. The largest absolute Gasteiger partial charge is 2.00 e. The van der Waals surface area contributed by atoms with Gasteiger partial charge in [-0.05, 0) is 0 Å². The molecule has 0 heterocycles. The molecule has 0 aliphatic heterocycles. The van der Waals surface area contributed by atoms with Crippen LogP contribution in [0.15, 0.2) is 0 Å². The van der Waals surface area contributed by atoms with Crippen molar-refractivity contribution in [2.45, 2.75) is 0 Å². The minimum Gasteiger partial charge on any atom is -1.00 e. The summed E-state index contributed by atoms with van der Waals surface area (Å²) < 4.78 is 0. The van der Waals surface area contributed by atoms with Crippen molar-refractivity contribution >= 4 is 46.1 Å². The quantitative estimate of drug-likeness (QED) is 0.538. The van der Waals surface area contributed by atoms with Crippen molar-refractivity contribution < 1.29 is 78.4 Å². The van der Waals surface area contributed by atoms with Gasteiger partial charge in [-0.2, -0.15) is 0 Å². The fraction of sp³-hybridized carbons (Fsp3) is 0. The van der Waals surface area contributed by atoms with E-state index in [4.69, 9.17) is 0 Å². The summed E-state index contributed by atoms with van der Waals surface area (Å²) in [5, 5.41) is 0. The third-order valence-electron chi connectivity index (χ3n) is 0. The summed E-state index contributed by atoms with van der Waals surface area (Å²) >= 11 is 0. The Bertz CT molecular complexity index is 14.0. The number of hydrogen-bond acceptors (Lipinski definition) is 0. The third-order valence-corrected chi connectivity index (χ3v) is 0. The van der Waals surface area contributed by atoms with Gasteiger partial charge in [-0.1, -0.05) is 0 Å². The first-order chi connectivity index (χ1) is 0. The Morgan fingerprint density at radius 2 is 1.00 bits per heavy atom.